The molecule has 1 heterocycles. The summed E-state index contributed by atoms with van der Waals surface area (Å²) < 4.78 is 31.1. The highest BCUT2D eigenvalue weighted by molar-refractivity contribution is 7.89. The summed E-state index contributed by atoms with van der Waals surface area (Å²) in [5, 5.41) is 9.07. The lowest BCUT2D eigenvalue weighted by Crippen LogP contribution is -2.30. The standard InChI is InChI=1S/C13H17NO5S/c1-9-7-14(8-12(9)13(15)16)20(17,18)11-5-3-10(19-2)4-6-11/h3-6,9,12H,7-8H2,1-2H3,(H,15,16)/t9-,12-/m1/s1. The van der Waals surface area contributed by atoms with Gasteiger partial charge in [-0.05, 0) is 30.2 Å². The van der Waals surface area contributed by atoms with E-state index in [1.54, 1.807) is 19.1 Å². The molecular formula is C13H17NO5S. The average molecular weight is 299 g/mol. The molecule has 0 amide bonds. The Morgan fingerprint density at radius 1 is 1.30 bits per heavy atom. The van der Waals surface area contributed by atoms with E-state index < -0.39 is 21.9 Å². The van der Waals surface area contributed by atoms with Crippen LogP contribution >= 0.6 is 0 Å². The van der Waals surface area contributed by atoms with Gasteiger partial charge < -0.3 is 9.84 Å². The molecule has 0 spiro atoms. The summed E-state index contributed by atoms with van der Waals surface area (Å²) in [7, 11) is -2.15. The molecule has 1 aliphatic heterocycles. The second-order valence-electron chi connectivity index (χ2n) is 4.92. The third kappa shape index (κ3) is 2.64. The van der Waals surface area contributed by atoms with Crippen LogP contribution in [0.25, 0.3) is 0 Å². The van der Waals surface area contributed by atoms with E-state index in [9.17, 15) is 13.2 Å². The van der Waals surface area contributed by atoms with Gasteiger partial charge in [0.15, 0.2) is 0 Å². The van der Waals surface area contributed by atoms with E-state index in [0.717, 1.165) is 0 Å². The average Bonchev–Trinajstić information content (AvgIpc) is 2.82. The maximum Gasteiger partial charge on any atom is 0.308 e. The molecule has 7 heteroatoms. The van der Waals surface area contributed by atoms with Crippen LogP contribution in [0.3, 0.4) is 0 Å². The molecule has 0 aromatic heterocycles. The fraction of sp³-hybridized carbons (Fsp3) is 0.462. The molecule has 1 aromatic carbocycles. The van der Waals surface area contributed by atoms with Crippen molar-refractivity contribution >= 4 is 16.0 Å². The first-order valence-electron chi connectivity index (χ1n) is 6.23. The molecule has 6 nitrogen and oxygen atoms in total. The lowest BCUT2D eigenvalue weighted by molar-refractivity contribution is -0.142. The summed E-state index contributed by atoms with van der Waals surface area (Å²) in [6.45, 7) is 2.00. The number of aliphatic carboxylic acids is 1. The Kier molecular flexibility index (Phi) is 4.01. The van der Waals surface area contributed by atoms with Crippen LogP contribution in [-0.2, 0) is 14.8 Å². The number of hydrogen-bond acceptors (Lipinski definition) is 4. The molecule has 0 saturated carbocycles. The lowest BCUT2D eigenvalue weighted by Gasteiger charge is -2.16. The summed E-state index contributed by atoms with van der Waals surface area (Å²) >= 11 is 0. The number of benzene rings is 1. The van der Waals surface area contributed by atoms with E-state index >= 15 is 0 Å². The van der Waals surface area contributed by atoms with Gasteiger partial charge >= 0.3 is 5.97 Å². The van der Waals surface area contributed by atoms with Crippen molar-refractivity contribution in [3.63, 3.8) is 0 Å². The number of carboxylic acids is 1. The predicted molar refractivity (Wildman–Crippen MR) is 72.0 cm³/mol. The molecule has 1 saturated heterocycles. The van der Waals surface area contributed by atoms with Crippen molar-refractivity contribution in [2.45, 2.75) is 11.8 Å². The van der Waals surface area contributed by atoms with E-state index in [0.29, 0.717) is 5.75 Å². The minimum atomic E-state index is -3.65. The SMILES string of the molecule is COc1ccc(S(=O)(=O)N2C[C@@H](C)[C@H](C(=O)O)C2)cc1. The Morgan fingerprint density at radius 2 is 1.90 bits per heavy atom. The number of sulfonamides is 1. The van der Waals surface area contributed by atoms with Crippen molar-refractivity contribution in [2.24, 2.45) is 11.8 Å². The first-order chi connectivity index (χ1) is 9.36. The highest BCUT2D eigenvalue weighted by atomic mass is 32.2. The number of carbonyl (C=O) groups is 1. The number of carboxylic acid groups (broad SMARTS) is 1. The Labute approximate surface area is 118 Å². The van der Waals surface area contributed by atoms with Crippen molar-refractivity contribution in [1.29, 1.82) is 0 Å². The number of nitrogens with zero attached hydrogens (tertiary/aromatic N) is 1. The maximum absolute atomic E-state index is 12.4. The second-order valence-corrected chi connectivity index (χ2v) is 6.86. The van der Waals surface area contributed by atoms with Gasteiger partial charge in [0.1, 0.15) is 5.75 Å². The normalized spacial score (nSPS) is 23.7. The van der Waals surface area contributed by atoms with Crippen LogP contribution in [0.1, 0.15) is 6.92 Å². The minimum absolute atomic E-state index is 0.0187. The Morgan fingerprint density at radius 3 is 2.35 bits per heavy atom. The smallest absolute Gasteiger partial charge is 0.308 e. The van der Waals surface area contributed by atoms with E-state index in [2.05, 4.69) is 0 Å². The quantitative estimate of drug-likeness (QED) is 0.898. The summed E-state index contributed by atoms with van der Waals surface area (Å²) in [4.78, 5) is 11.2. The van der Waals surface area contributed by atoms with Gasteiger partial charge in [-0.25, -0.2) is 8.42 Å². The minimum Gasteiger partial charge on any atom is -0.497 e. The van der Waals surface area contributed by atoms with Crippen LogP contribution in [-0.4, -0.2) is 44.0 Å². The number of ether oxygens (including phenoxy) is 1. The zero-order valence-corrected chi connectivity index (χ0v) is 12.1. The fourth-order valence-electron chi connectivity index (χ4n) is 2.34. The topological polar surface area (TPSA) is 83.9 Å². The van der Waals surface area contributed by atoms with Gasteiger partial charge in [0.25, 0.3) is 0 Å². The van der Waals surface area contributed by atoms with Gasteiger partial charge in [0, 0.05) is 13.1 Å². The highest BCUT2D eigenvalue weighted by Gasteiger charge is 2.40. The molecule has 1 aromatic rings. The lowest BCUT2D eigenvalue weighted by atomic mass is 9.99. The van der Waals surface area contributed by atoms with Crippen LogP contribution < -0.4 is 4.74 Å². The summed E-state index contributed by atoms with van der Waals surface area (Å²) in [5.74, 6) is -1.23. The van der Waals surface area contributed by atoms with Gasteiger partial charge in [0.2, 0.25) is 10.0 Å². The largest absolute Gasteiger partial charge is 0.497 e. The molecule has 0 radical (unpaired) electrons. The molecule has 110 valence electrons. The Bertz CT molecular complexity index is 596. The van der Waals surface area contributed by atoms with Crippen molar-refractivity contribution < 1.29 is 23.1 Å². The van der Waals surface area contributed by atoms with Gasteiger partial charge in [-0.15, -0.1) is 0 Å². The summed E-state index contributed by atoms with van der Waals surface area (Å²) in [6.07, 6.45) is 0. The number of rotatable bonds is 4. The van der Waals surface area contributed by atoms with E-state index in [4.69, 9.17) is 9.84 Å². The van der Waals surface area contributed by atoms with Gasteiger partial charge in [-0.2, -0.15) is 4.31 Å². The molecule has 20 heavy (non-hydrogen) atoms. The first kappa shape index (κ1) is 14.8. The van der Waals surface area contributed by atoms with Crippen molar-refractivity contribution in [2.75, 3.05) is 20.2 Å². The van der Waals surface area contributed by atoms with Gasteiger partial charge in [0.05, 0.1) is 17.9 Å². The molecule has 1 fully saturated rings. The Hall–Kier alpha value is -1.60. The summed E-state index contributed by atoms with van der Waals surface area (Å²) in [5.41, 5.74) is 0. The summed E-state index contributed by atoms with van der Waals surface area (Å²) in [6, 6.07) is 6.07. The monoisotopic (exact) mass is 299 g/mol. The van der Waals surface area contributed by atoms with Crippen LogP contribution in [0.15, 0.2) is 29.2 Å². The Balaban J connectivity index is 2.25. The zero-order valence-electron chi connectivity index (χ0n) is 11.3. The van der Waals surface area contributed by atoms with Crippen molar-refractivity contribution in [1.82, 2.24) is 4.31 Å². The van der Waals surface area contributed by atoms with Crippen LogP contribution in [0.4, 0.5) is 0 Å². The number of hydrogen-bond donors (Lipinski definition) is 1. The van der Waals surface area contributed by atoms with Crippen LogP contribution in [0.5, 0.6) is 5.75 Å². The molecular weight excluding hydrogens is 282 g/mol. The van der Waals surface area contributed by atoms with E-state index in [-0.39, 0.29) is 23.9 Å². The zero-order chi connectivity index (χ0) is 14.9. The van der Waals surface area contributed by atoms with E-state index in [1.807, 2.05) is 0 Å². The van der Waals surface area contributed by atoms with Gasteiger partial charge in [-0.1, -0.05) is 6.92 Å². The molecule has 2 rings (SSSR count). The predicted octanol–water partition coefficient (Wildman–Crippen LogP) is 1.04. The first-order valence-corrected chi connectivity index (χ1v) is 7.67. The third-order valence-corrected chi connectivity index (χ3v) is 5.44. The molecule has 0 bridgehead atoms. The van der Waals surface area contributed by atoms with Crippen molar-refractivity contribution in [3.05, 3.63) is 24.3 Å². The highest BCUT2D eigenvalue weighted by Crippen LogP contribution is 2.29. The molecule has 2 atom stereocenters. The van der Waals surface area contributed by atoms with E-state index in [1.165, 1.54) is 23.5 Å². The number of methoxy groups -OCH3 is 1. The second kappa shape index (κ2) is 5.41. The molecule has 1 aliphatic rings. The third-order valence-electron chi connectivity index (χ3n) is 3.59. The molecule has 0 aliphatic carbocycles. The van der Waals surface area contributed by atoms with Gasteiger partial charge in [-0.3, -0.25) is 4.79 Å². The fourth-order valence-corrected chi connectivity index (χ4v) is 3.90. The van der Waals surface area contributed by atoms with Crippen LogP contribution in [0, 0.1) is 11.8 Å². The maximum atomic E-state index is 12.4. The molecule has 1 N–H and O–H groups in total. The molecule has 0 unspecified atom stereocenters. The van der Waals surface area contributed by atoms with Crippen molar-refractivity contribution in [3.8, 4) is 5.75 Å². The van der Waals surface area contributed by atoms with Crippen LogP contribution in [0.2, 0.25) is 0 Å².